The van der Waals surface area contributed by atoms with Crippen molar-refractivity contribution >= 4 is 6.29 Å². The normalized spacial score (nSPS) is 8.79. The highest BCUT2D eigenvalue weighted by molar-refractivity contribution is 5.48. The fourth-order valence-electron chi connectivity index (χ4n) is 1.01. The molecule has 1 nitrogen and oxygen atoms in total. The van der Waals surface area contributed by atoms with Crippen molar-refractivity contribution < 1.29 is 4.79 Å². The van der Waals surface area contributed by atoms with Crippen LogP contribution < -0.4 is 0 Å². The van der Waals surface area contributed by atoms with Crippen LogP contribution in [-0.2, 0) is 17.6 Å². The summed E-state index contributed by atoms with van der Waals surface area (Å²) in [5, 5.41) is 0. The van der Waals surface area contributed by atoms with Crippen molar-refractivity contribution in [3.8, 4) is 0 Å². The van der Waals surface area contributed by atoms with Crippen LogP contribution in [0.5, 0.6) is 0 Å². The van der Waals surface area contributed by atoms with Crippen LogP contribution in [0.4, 0.5) is 0 Å². The molecule has 0 unspecified atom stereocenters. The number of rotatable bonds is 3. The van der Waals surface area contributed by atoms with Crippen molar-refractivity contribution in [2.75, 3.05) is 0 Å². The van der Waals surface area contributed by atoms with E-state index in [2.05, 4.69) is 38.1 Å². The van der Waals surface area contributed by atoms with Gasteiger partial charge in [-0.2, -0.15) is 0 Å². The van der Waals surface area contributed by atoms with Crippen LogP contribution in [0.2, 0.25) is 0 Å². The summed E-state index contributed by atoms with van der Waals surface area (Å²) in [7, 11) is 0. The van der Waals surface area contributed by atoms with E-state index in [4.69, 9.17) is 0 Å². The fourth-order valence-corrected chi connectivity index (χ4v) is 1.01. The summed E-state index contributed by atoms with van der Waals surface area (Å²) < 4.78 is 0. The predicted octanol–water partition coefficient (Wildman–Crippen LogP) is 3.41. The van der Waals surface area contributed by atoms with Gasteiger partial charge in [-0.1, -0.05) is 45.0 Å². The summed E-state index contributed by atoms with van der Waals surface area (Å²) in [6.07, 6.45) is 3.80. The maximum Gasteiger partial charge on any atom is 0.119 e. The van der Waals surface area contributed by atoms with Crippen molar-refractivity contribution in [3.05, 3.63) is 35.4 Å². The average molecular weight is 192 g/mol. The Morgan fingerprint density at radius 1 is 0.929 bits per heavy atom. The summed E-state index contributed by atoms with van der Waals surface area (Å²) in [5.74, 6) is 0. The molecule has 78 valence electrons. The van der Waals surface area contributed by atoms with Crippen molar-refractivity contribution in [2.24, 2.45) is 0 Å². The summed E-state index contributed by atoms with van der Waals surface area (Å²) in [4.78, 5) is 9.17. The lowest BCUT2D eigenvalue weighted by Gasteiger charge is -1.97. The van der Waals surface area contributed by atoms with Crippen LogP contribution in [0.25, 0.3) is 0 Å². The fraction of sp³-hybridized carbons (Fsp3) is 0.462. The molecule has 0 aromatic heterocycles. The molecule has 1 aromatic rings. The van der Waals surface area contributed by atoms with E-state index in [1.807, 2.05) is 6.92 Å². The van der Waals surface area contributed by atoms with E-state index in [-0.39, 0.29) is 0 Å². The summed E-state index contributed by atoms with van der Waals surface area (Å²) in [6.45, 7) is 6.18. The van der Waals surface area contributed by atoms with Gasteiger partial charge in [-0.3, -0.25) is 0 Å². The number of benzene rings is 1. The van der Waals surface area contributed by atoms with E-state index in [1.165, 1.54) is 11.1 Å². The quantitative estimate of drug-likeness (QED) is 0.671. The number of hydrogen-bond acceptors (Lipinski definition) is 1. The molecule has 0 radical (unpaired) electrons. The Kier molecular flexibility index (Phi) is 7.81. The van der Waals surface area contributed by atoms with E-state index in [0.717, 1.165) is 19.1 Å². The van der Waals surface area contributed by atoms with Crippen LogP contribution in [0.3, 0.4) is 0 Å². The predicted molar refractivity (Wildman–Crippen MR) is 61.6 cm³/mol. The van der Waals surface area contributed by atoms with Crippen LogP contribution in [0.1, 0.15) is 38.3 Å². The Morgan fingerprint density at radius 3 is 1.36 bits per heavy atom. The largest absolute Gasteiger partial charge is 0.303 e. The third-order valence-corrected chi connectivity index (χ3v) is 2.01. The molecule has 1 heteroatoms. The van der Waals surface area contributed by atoms with Gasteiger partial charge in [0.25, 0.3) is 0 Å². The molecule has 0 aliphatic carbocycles. The number of carbonyl (C=O) groups is 1. The molecule has 0 saturated heterocycles. The maximum atomic E-state index is 9.17. The number of aryl methyl sites for hydroxylation is 2. The van der Waals surface area contributed by atoms with Crippen molar-refractivity contribution in [1.29, 1.82) is 0 Å². The first-order valence-electron chi connectivity index (χ1n) is 5.29. The van der Waals surface area contributed by atoms with Crippen molar-refractivity contribution in [2.45, 2.75) is 40.0 Å². The molecule has 0 aliphatic rings. The van der Waals surface area contributed by atoms with Gasteiger partial charge in [-0.15, -0.1) is 0 Å². The van der Waals surface area contributed by atoms with Gasteiger partial charge < -0.3 is 4.79 Å². The minimum absolute atomic E-state index is 0.639. The smallest absolute Gasteiger partial charge is 0.119 e. The van der Waals surface area contributed by atoms with E-state index in [0.29, 0.717) is 6.42 Å². The van der Waals surface area contributed by atoms with Gasteiger partial charge in [0.1, 0.15) is 6.29 Å². The maximum absolute atomic E-state index is 9.17. The molecule has 0 atom stereocenters. The lowest BCUT2D eigenvalue weighted by molar-refractivity contribution is -0.107. The third-order valence-electron chi connectivity index (χ3n) is 2.01. The highest BCUT2D eigenvalue weighted by atomic mass is 16.1. The highest BCUT2D eigenvalue weighted by Gasteiger charge is 1.88. The van der Waals surface area contributed by atoms with E-state index in [1.54, 1.807) is 0 Å². The lowest BCUT2D eigenvalue weighted by Crippen LogP contribution is -1.81. The van der Waals surface area contributed by atoms with Crippen LogP contribution >= 0.6 is 0 Å². The van der Waals surface area contributed by atoms with E-state index < -0.39 is 0 Å². The highest BCUT2D eigenvalue weighted by Crippen LogP contribution is 2.04. The summed E-state index contributed by atoms with van der Waals surface area (Å²) >= 11 is 0. The zero-order valence-electron chi connectivity index (χ0n) is 9.42. The number of aldehydes is 1. The van der Waals surface area contributed by atoms with Crippen LogP contribution in [-0.4, -0.2) is 6.29 Å². The Balaban J connectivity index is 0.000000364. The molecular weight excluding hydrogens is 172 g/mol. The molecule has 0 N–H and O–H groups in total. The minimum Gasteiger partial charge on any atom is -0.303 e. The van der Waals surface area contributed by atoms with Crippen LogP contribution in [0, 0.1) is 0 Å². The third kappa shape index (κ3) is 5.52. The van der Waals surface area contributed by atoms with Gasteiger partial charge in [-0.05, 0) is 24.0 Å². The second-order valence-corrected chi connectivity index (χ2v) is 3.10. The van der Waals surface area contributed by atoms with Gasteiger partial charge in [-0.25, -0.2) is 0 Å². The molecular formula is C13H20O. The van der Waals surface area contributed by atoms with Gasteiger partial charge in [0, 0.05) is 6.42 Å². The standard InChI is InChI=1S/C10H14.C3H6O/c1-3-9-5-7-10(4-2)8-6-9;1-2-3-4/h5-8H,3-4H2,1-2H3;3H,2H2,1H3. The van der Waals surface area contributed by atoms with Crippen LogP contribution in [0.15, 0.2) is 24.3 Å². The van der Waals surface area contributed by atoms with Crippen molar-refractivity contribution in [1.82, 2.24) is 0 Å². The number of carbonyl (C=O) groups excluding carboxylic acids is 1. The number of hydrogen-bond donors (Lipinski definition) is 0. The average Bonchev–Trinajstić information content (AvgIpc) is 2.29. The molecule has 0 bridgehead atoms. The molecule has 0 spiro atoms. The van der Waals surface area contributed by atoms with Gasteiger partial charge in [0.2, 0.25) is 0 Å². The van der Waals surface area contributed by atoms with Crippen molar-refractivity contribution in [3.63, 3.8) is 0 Å². The van der Waals surface area contributed by atoms with E-state index in [9.17, 15) is 4.79 Å². The zero-order valence-corrected chi connectivity index (χ0v) is 9.42. The Morgan fingerprint density at radius 2 is 1.21 bits per heavy atom. The molecule has 0 amide bonds. The van der Waals surface area contributed by atoms with Gasteiger partial charge >= 0.3 is 0 Å². The molecule has 0 saturated carbocycles. The molecule has 0 heterocycles. The van der Waals surface area contributed by atoms with Gasteiger partial charge in [0.05, 0.1) is 0 Å². The molecule has 0 aliphatic heterocycles. The topological polar surface area (TPSA) is 17.1 Å². The molecule has 14 heavy (non-hydrogen) atoms. The minimum atomic E-state index is 0.639. The second kappa shape index (κ2) is 8.49. The Hall–Kier alpha value is -1.11. The second-order valence-electron chi connectivity index (χ2n) is 3.10. The Labute approximate surface area is 87.2 Å². The summed E-state index contributed by atoms with van der Waals surface area (Å²) in [6, 6.07) is 8.83. The van der Waals surface area contributed by atoms with Gasteiger partial charge in [0.15, 0.2) is 0 Å². The summed E-state index contributed by atoms with van der Waals surface area (Å²) in [5.41, 5.74) is 2.86. The SMILES string of the molecule is CCC=O.CCc1ccc(CC)cc1. The molecule has 1 aromatic carbocycles. The first-order valence-corrected chi connectivity index (χ1v) is 5.29. The molecule has 1 rings (SSSR count). The van der Waals surface area contributed by atoms with E-state index >= 15 is 0 Å². The first kappa shape index (κ1) is 12.9. The lowest BCUT2D eigenvalue weighted by atomic mass is 10.1. The zero-order chi connectivity index (χ0) is 10.8. The molecule has 0 fully saturated rings. The Bertz CT molecular complexity index is 213. The monoisotopic (exact) mass is 192 g/mol. The first-order chi connectivity index (χ1) is 6.78.